The maximum atomic E-state index is 11.2. The van der Waals surface area contributed by atoms with Gasteiger partial charge in [-0.05, 0) is 25.0 Å². The van der Waals surface area contributed by atoms with Gasteiger partial charge in [0.25, 0.3) is 0 Å². The van der Waals surface area contributed by atoms with Crippen LogP contribution in [0.15, 0.2) is 54.6 Å². The van der Waals surface area contributed by atoms with Crippen molar-refractivity contribution in [1.29, 1.82) is 0 Å². The van der Waals surface area contributed by atoms with Gasteiger partial charge in [0.1, 0.15) is 0 Å². The lowest BCUT2D eigenvalue weighted by Crippen LogP contribution is -2.06. The van der Waals surface area contributed by atoms with E-state index in [1.165, 1.54) is 6.92 Å². The molecule has 2 nitrogen and oxygen atoms in total. The summed E-state index contributed by atoms with van der Waals surface area (Å²) in [5.74, 6) is 5.71. The topological polar surface area (TPSA) is 26.3 Å². The SMILES string of the molecule is CC(=O)OC(C#Cc1ccccc1)c1ccc(C)cc1. The molecule has 0 radical (unpaired) electrons. The molecular formula is C18H16O2. The maximum absolute atomic E-state index is 11.2. The van der Waals surface area contributed by atoms with Crippen molar-refractivity contribution < 1.29 is 9.53 Å². The highest BCUT2D eigenvalue weighted by molar-refractivity contribution is 5.66. The van der Waals surface area contributed by atoms with Gasteiger partial charge in [-0.25, -0.2) is 0 Å². The number of esters is 1. The van der Waals surface area contributed by atoms with E-state index < -0.39 is 6.10 Å². The molecule has 0 aliphatic heterocycles. The van der Waals surface area contributed by atoms with Gasteiger partial charge in [0, 0.05) is 18.1 Å². The Balaban J connectivity index is 2.27. The summed E-state index contributed by atoms with van der Waals surface area (Å²) in [7, 11) is 0. The molecule has 0 saturated carbocycles. The van der Waals surface area contributed by atoms with Crippen molar-refractivity contribution in [3.05, 3.63) is 71.3 Å². The van der Waals surface area contributed by atoms with Crippen molar-refractivity contribution in [1.82, 2.24) is 0 Å². The molecule has 0 N–H and O–H groups in total. The van der Waals surface area contributed by atoms with E-state index in [1.54, 1.807) is 0 Å². The van der Waals surface area contributed by atoms with Crippen molar-refractivity contribution in [2.45, 2.75) is 20.0 Å². The van der Waals surface area contributed by atoms with Crippen LogP contribution in [0.25, 0.3) is 0 Å². The number of benzene rings is 2. The minimum absolute atomic E-state index is 0.335. The van der Waals surface area contributed by atoms with E-state index in [1.807, 2.05) is 61.5 Å². The Bertz CT molecular complexity index is 631. The van der Waals surface area contributed by atoms with Crippen LogP contribution in [-0.4, -0.2) is 5.97 Å². The fourth-order valence-corrected chi connectivity index (χ4v) is 1.76. The van der Waals surface area contributed by atoms with Gasteiger partial charge >= 0.3 is 5.97 Å². The first-order valence-corrected chi connectivity index (χ1v) is 6.45. The quantitative estimate of drug-likeness (QED) is 0.611. The van der Waals surface area contributed by atoms with Crippen molar-refractivity contribution in [2.75, 3.05) is 0 Å². The van der Waals surface area contributed by atoms with Crippen LogP contribution in [0.4, 0.5) is 0 Å². The molecule has 0 amide bonds. The lowest BCUT2D eigenvalue weighted by molar-refractivity contribution is -0.144. The Hall–Kier alpha value is -2.53. The number of rotatable bonds is 2. The molecule has 0 aliphatic rings. The van der Waals surface area contributed by atoms with Crippen LogP contribution in [-0.2, 0) is 9.53 Å². The molecule has 20 heavy (non-hydrogen) atoms. The highest BCUT2D eigenvalue weighted by Gasteiger charge is 2.11. The molecule has 2 aromatic carbocycles. The van der Waals surface area contributed by atoms with Crippen LogP contribution in [0.2, 0.25) is 0 Å². The van der Waals surface area contributed by atoms with Crippen LogP contribution in [0, 0.1) is 18.8 Å². The summed E-state index contributed by atoms with van der Waals surface area (Å²) in [6, 6.07) is 17.5. The summed E-state index contributed by atoms with van der Waals surface area (Å²) in [6.07, 6.45) is -0.534. The van der Waals surface area contributed by atoms with Crippen molar-refractivity contribution in [3.8, 4) is 11.8 Å². The standard InChI is InChI=1S/C18H16O2/c1-14-8-11-17(12-9-14)18(20-15(2)19)13-10-16-6-4-3-5-7-16/h3-9,11-12,18H,1-2H3. The van der Waals surface area contributed by atoms with Crippen LogP contribution in [0.1, 0.15) is 29.7 Å². The van der Waals surface area contributed by atoms with E-state index in [-0.39, 0.29) is 5.97 Å². The van der Waals surface area contributed by atoms with E-state index in [9.17, 15) is 4.79 Å². The highest BCUT2D eigenvalue weighted by Crippen LogP contribution is 2.17. The minimum atomic E-state index is -0.534. The van der Waals surface area contributed by atoms with Crippen molar-refractivity contribution >= 4 is 5.97 Å². The second-order valence-electron chi connectivity index (χ2n) is 4.54. The van der Waals surface area contributed by atoms with E-state index in [0.717, 1.165) is 16.7 Å². The summed E-state index contributed by atoms with van der Waals surface area (Å²) >= 11 is 0. The summed E-state index contributed by atoms with van der Waals surface area (Å²) < 4.78 is 5.29. The van der Waals surface area contributed by atoms with Crippen molar-refractivity contribution in [2.24, 2.45) is 0 Å². The Morgan fingerprint density at radius 2 is 1.70 bits per heavy atom. The van der Waals surface area contributed by atoms with Gasteiger partial charge in [-0.15, -0.1) is 0 Å². The van der Waals surface area contributed by atoms with E-state index >= 15 is 0 Å². The Morgan fingerprint density at radius 3 is 2.30 bits per heavy atom. The smallest absolute Gasteiger partial charge is 0.304 e. The summed E-state index contributed by atoms with van der Waals surface area (Å²) in [6.45, 7) is 3.41. The zero-order valence-corrected chi connectivity index (χ0v) is 11.6. The lowest BCUT2D eigenvalue weighted by atomic mass is 10.1. The number of carbonyl (C=O) groups is 1. The average molecular weight is 264 g/mol. The molecule has 0 bridgehead atoms. The molecular weight excluding hydrogens is 248 g/mol. The van der Waals surface area contributed by atoms with Gasteiger partial charge < -0.3 is 4.74 Å². The molecule has 0 fully saturated rings. The Kier molecular flexibility index (Phi) is 4.57. The predicted molar refractivity (Wildman–Crippen MR) is 79.0 cm³/mol. The molecule has 0 aliphatic carbocycles. The van der Waals surface area contributed by atoms with Crippen LogP contribution < -0.4 is 0 Å². The number of hydrogen-bond donors (Lipinski definition) is 0. The predicted octanol–water partition coefficient (Wildman–Crippen LogP) is 3.65. The van der Waals surface area contributed by atoms with E-state index in [2.05, 4.69) is 11.8 Å². The van der Waals surface area contributed by atoms with Gasteiger partial charge in [0.15, 0.2) is 6.10 Å². The molecule has 0 saturated heterocycles. The maximum Gasteiger partial charge on any atom is 0.304 e. The number of carbonyl (C=O) groups excluding carboxylic acids is 1. The molecule has 0 heterocycles. The molecule has 2 rings (SSSR count). The van der Waals surface area contributed by atoms with Crippen molar-refractivity contribution in [3.63, 3.8) is 0 Å². The third-order valence-electron chi connectivity index (χ3n) is 2.79. The zero-order valence-electron chi connectivity index (χ0n) is 11.6. The van der Waals surface area contributed by atoms with Crippen LogP contribution in [0.5, 0.6) is 0 Å². The molecule has 0 spiro atoms. The lowest BCUT2D eigenvalue weighted by Gasteiger charge is -2.11. The monoisotopic (exact) mass is 264 g/mol. The third-order valence-corrected chi connectivity index (χ3v) is 2.79. The fraction of sp³-hybridized carbons (Fsp3) is 0.167. The second-order valence-corrected chi connectivity index (χ2v) is 4.54. The first kappa shape index (κ1) is 13.9. The Labute approximate surface area is 119 Å². The molecule has 1 atom stereocenters. The van der Waals surface area contributed by atoms with E-state index in [4.69, 9.17) is 4.74 Å². The highest BCUT2D eigenvalue weighted by atomic mass is 16.5. The first-order chi connectivity index (χ1) is 9.65. The summed E-state index contributed by atoms with van der Waals surface area (Å²) in [4.78, 5) is 11.2. The zero-order chi connectivity index (χ0) is 14.4. The molecule has 0 aromatic heterocycles. The molecule has 2 heteroatoms. The molecule has 100 valence electrons. The fourth-order valence-electron chi connectivity index (χ4n) is 1.76. The van der Waals surface area contributed by atoms with E-state index in [0.29, 0.717) is 0 Å². The molecule has 2 aromatic rings. The van der Waals surface area contributed by atoms with Gasteiger partial charge in [-0.2, -0.15) is 0 Å². The summed E-state index contributed by atoms with van der Waals surface area (Å²) in [5, 5.41) is 0. The molecule has 1 unspecified atom stereocenters. The third kappa shape index (κ3) is 4.00. The number of ether oxygens (including phenoxy) is 1. The Morgan fingerprint density at radius 1 is 1.05 bits per heavy atom. The summed E-state index contributed by atoms with van der Waals surface area (Å²) in [5.41, 5.74) is 2.94. The second kappa shape index (κ2) is 6.58. The first-order valence-electron chi connectivity index (χ1n) is 6.45. The van der Waals surface area contributed by atoms with Crippen LogP contribution in [0.3, 0.4) is 0 Å². The van der Waals surface area contributed by atoms with Gasteiger partial charge in [0.2, 0.25) is 0 Å². The van der Waals surface area contributed by atoms with Gasteiger partial charge in [-0.1, -0.05) is 53.9 Å². The largest absolute Gasteiger partial charge is 0.444 e. The normalized spacial score (nSPS) is 11.1. The number of hydrogen-bond acceptors (Lipinski definition) is 2. The van der Waals surface area contributed by atoms with Gasteiger partial charge in [0.05, 0.1) is 0 Å². The van der Waals surface area contributed by atoms with Crippen LogP contribution >= 0.6 is 0 Å². The minimum Gasteiger partial charge on any atom is -0.444 e. The number of aryl methyl sites for hydroxylation is 1. The average Bonchev–Trinajstić information content (AvgIpc) is 2.45. The van der Waals surface area contributed by atoms with Gasteiger partial charge in [-0.3, -0.25) is 4.79 Å².